The van der Waals surface area contributed by atoms with Crippen LogP contribution in [0.25, 0.3) is 11.0 Å². The van der Waals surface area contributed by atoms with Crippen LogP contribution in [0.3, 0.4) is 0 Å². The first-order chi connectivity index (χ1) is 17.4. The van der Waals surface area contributed by atoms with Crippen molar-refractivity contribution in [3.63, 3.8) is 0 Å². The monoisotopic (exact) mass is 505 g/mol. The number of benzene rings is 1. The number of aliphatic hydroxyl groups is 2. The second-order valence-electron chi connectivity index (χ2n) is 8.83. The lowest BCUT2D eigenvalue weighted by molar-refractivity contribution is 0.145. The van der Waals surface area contributed by atoms with Crippen molar-refractivity contribution < 1.29 is 23.4 Å². The Bertz CT molecular complexity index is 1210. The summed E-state index contributed by atoms with van der Waals surface area (Å²) in [6.45, 7) is 2.47. The van der Waals surface area contributed by atoms with Gasteiger partial charge in [0.2, 0.25) is 0 Å². The van der Waals surface area contributed by atoms with Crippen molar-refractivity contribution in [3.8, 4) is 0 Å². The summed E-state index contributed by atoms with van der Waals surface area (Å²) in [5, 5.41) is 18.2. The number of aromatic nitrogens is 3. The molecule has 1 aromatic carbocycles. The van der Waals surface area contributed by atoms with Crippen molar-refractivity contribution in [1.82, 2.24) is 19.9 Å². The van der Waals surface area contributed by atoms with Crippen LogP contribution in [0.2, 0.25) is 0 Å². The number of alkyl halides is 2. The standard InChI is InChI=1S/C24H26F3N5.2CH4O/c1-13-8-18-20(11-29-13)15(10-19(21(18)25)22(26)27)4-2-14-3-5-16(9-14)32-7-6-17-23(28)30-12-31-24(17)32;2*1-2/h6-7,9-10,12-13,16,22,29H,2-5,8,11H2,1H3,(H2,28,30,31);2*2H,1H3. The Morgan fingerprint density at radius 3 is 2.64 bits per heavy atom. The Balaban J connectivity index is 0.000000861. The van der Waals surface area contributed by atoms with Gasteiger partial charge in [0, 0.05) is 33.0 Å². The van der Waals surface area contributed by atoms with Gasteiger partial charge in [-0.2, -0.15) is 0 Å². The van der Waals surface area contributed by atoms with E-state index in [9.17, 15) is 13.2 Å². The average Bonchev–Trinajstić information content (AvgIpc) is 3.54. The van der Waals surface area contributed by atoms with Crippen molar-refractivity contribution in [1.29, 1.82) is 0 Å². The fraction of sp³-hybridized carbons (Fsp3) is 0.462. The third-order valence-electron chi connectivity index (χ3n) is 6.77. The van der Waals surface area contributed by atoms with Crippen LogP contribution >= 0.6 is 0 Å². The fourth-order valence-corrected chi connectivity index (χ4v) is 5.06. The van der Waals surface area contributed by atoms with Crippen molar-refractivity contribution in [2.75, 3.05) is 20.0 Å². The van der Waals surface area contributed by atoms with Gasteiger partial charge in [-0.3, -0.25) is 0 Å². The molecule has 0 amide bonds. The Kier molecular flexibility index (Phi) is 9.47. The van der Waals surface area contributed by atoms with Crippen LogP contribution in [0.5, 0.6) is 0 Å². The van der Waals surface area contributed by atoms with E-state index in [-0.39, 0.29) is 12.1 Å². The molecule has 7 nitrogen and oxygen atoms in total. The second kappa shape index (κ2) is 12.3. The van der Waals surface area contributed by atoms with Gasteiger partial charge in [-0.15, -0.1) is 0 Å². The van der Waals surface area contributed by atoms with Crippen LogP contribution in [0.1, 0.15) is 60.9 Å². The summed E-state index contributed by atoms with van der Waals surface area (Å²) in [6.07, 6.45) is 6.60. The fourth-order valence-electron chi connectivity index (χ4n) is 5.06. The average molecular weight is 506 g/mol. The number of halogens is 3. The number of rotatable bonds is 5. The maximum absolute atomic E-state index is 14.7. The highest BCUT2D eigenvalue weighted by molar-refractivity contribution is 5.86. The molecule has 1 aliphatic heterocycles. The summed E-state index contributed by atoms with van der Waals surface area (Å²) >= 11 is 0. The summed E-state index contributed by atoms with van der Waals surface area (Å²) in [5.41, 5.74) is 9.71. The molecule has 0 saturated heterocycles. The molecular formula is C26H34F3N5O2. The molecule has 3 heterocycles. The number of fused-ring (bicyclic) bond motifs is 2. The van der Waals surface area contributed by atoms with Crippen LogP contribution in [0, 0.1) is 5.82 Å². The maximum atomic E-state index is 14.7. The molecule has 1 aliphatic carbocycles. The van der Waals surface area contributed by atoms with E-state index in [1.807, 2.05) is 19.2 Å². The Morgan fingerprint density at radius 2 is 1.92 bits per heavy atom. The summed E-state index contributed by atoms with van der Waals surface area (Å²) in [6, 6.07) is 3.56. The number of hydrogen-bond acceptors (Lipinski definition) is 6. The number of nitrogens with one attached hydrogen (secondary N) is 1. The smallest absolute Gasteiger partial charge is 0.266 e. The van der Waals surface area contributed by atoms with Crippen LogP contribution in [0.4, 0.5) is 19.0 Å². The first-order valence-electron chi connectivity index (χ1n) is 11.9. The van der Waals surface area contributed by atoms with E-state index in [0.29, 0.717) is 30.8 Å². The molecule has 0 saturated carbocycles. The zero-order chi connectivity index (χ0) is 26.4. The highest BCUT2D eigenvalue weighted by atomic mass is 19.3. The van der Waals surface area contributed by atoms with Crippen molar-refractivity contribution in [2.24, 2.45) is 0 Å². The molecular weight excluding hydrogens is 471 g/mol. The molecule has 36 heavy (non-hydrogen) atoms. The van der Waals surface area contributed by atoms with Crippen LogP contribution < -0.4 is 11.1 Å². The van der Waals surface area contributed by atoms with Gasteiger partial charge in [-0.1, -0.05) is 11.6 Å². The van der Waals surface area contributed by atoms with Crippen molar-refractivity contribution in [3.05, 3.63) is 64.4 Å². The van der Waals surface area contributed by atoms with Crippen molar-refractivity contribution in [2.45, 2.75) is 64.1 Å². The van der Waals surface area contributed by atoms with Gasteiger partial charge in [0.1, 0.15) is 23.6 Å². The van der Waals surface area contributed by atoms with Crippen LogP contribution in [-0.2, 0) is 19.4 Å². The molecule has 196 valence electrons. The van der Waals surface area contributed by atoms with Gasteiger partial charge < -0.3 is 25.8 Å². The molecule has 5 rings (SSSR count). The number of anilines is 1. The lowest BCUT2D eigenvalue weighted by Gasteiger charge is -2.27. The molecule has 2 aromatic heterocycles. The zero-order valence-electron chi connectivity index (χ0n) is 20.8. The molecule has 0 fully saturated rings. The molecule has 0 spiro atoms. The minimum atomic E-state index is -2.81. The topological polar surface area (TPSA) is 109 Å². The molecule has 2 unspecified atom stereocenters. The molecule has 0 bridgehead atoms. The zero-order valence-corrected chi connectivity index (χ0v) is 20.8. The molecule has 3 aromatic rings. The second-order valence-corrected chi connectivity index (χ2v) is 8.83. The Labute approximate surface area is 208 Å². The third-order valence-corrected chi connectivity index (χ3v) is 6.77. The lowest BCUT2D eigenvalue weighted by atomic mass is 9.87. The summed E-state index contributed by atoms with van der Waals surface area (Å²) in [7, 11) is 2.00. The number of nitrogen functional groups attached to an aromatic ring is 1. The van der Waals surface area contributed by atoms with Gasteiger partial charge in [0.15, 0.2) is 0 Å². The van der Waals surface area contributed by atoms with E-state index < -0.39 is 17.8 Å². The number of nitrogens with zero attached hydrogens (tertiary/aromatic N) is 3. The predicted molar refractivity (Wildman–Crippen MR) is 134 cm³/mol. The van der Waals surface area contributed by atoms with E-state index in [4.69, 9.17) is 15.9 Å². The molecule has 0 radical (unpaired) electrons. The number of nitrogens with two attached hydrogens (primary N) is 1. The van der Waals surface area contributed by atoms with Crippen LogP contribution in [0.15, 0.2) is 36.3 Å². The molecule has 2 atom stereocenters. The highest BCUT2D eigenvalue weighted by Crippen LogP contribution is 2.36. The molecule has 2 aliphatic rings. The lowest BCUT2D eigenvalue weighted by Crippen LogP contribution is -2.34. The SMILES string of the molecule is CC1Cc2c(F)c(C(F)F)cc(CCC3=CC(n4ccc5c(N)ncnc54)CC3)c2CN1.CO.CO. The molecule has 5 N–H and O–H groups in total. The minimum Gasteiger partial charge on any atom is -0.400 e. The van der Waals surface area contributed by atoms with Gasteiger partial charge in [0.05, 0.1) is 17.0 Å². The minimum absolute atomic E-state index is 0.0744. The summed E-state index contributed by atoms with van der Waals surface area (Å²) in [5.74, 6) is -0.261. The normalized spacial score (nSPS) is 18.8. The summed E-state index contributed by atoms with van der Waals surface area (Å²) < 4.78 is 43.8. The van der Waals surface area contributed by atoms with E-state index in [1.54, 1.807) is 0 Å². The molecule has 10 heteroatoms. The Hall–Kier alpha value is -2.95. The highest BCUT2D eigenvalue weighted by Gasteiger charge is 2.27. The van der Waals surface area contributed by atoms with Gasteiger partial charge in [-0.05, 0) is 67.9 Å². The van der Waals surface area contributed by atoms with Crippen LogP contribution in [-0.4, -0.2) is 45.0 Å². The van der Waals surface area contributed by atoms with E-state index in [0.717, 1.165) is 55.6 Å². The predicted octanol–water partition coefficient (Wildman–Crippen LogP) is 4.24. The number of hydrogen-bond donors (Lipinski definition) is 4. The Morgan fingerprint density at radius 1 is 1.17 bits per heavy atom. The quantitative estimate of drug-likeness (QED) is 0.387. The van der Waals surface area contributed by atoms with Crippen molar-refractivity contribution >= 4 is 16.9 Å². The number of allylic oxidation sites excluding steroid dienone is 2. The largest absolute Gasteiger partial charge is 0.400 e. The number of aliphatic hydroxyl groups excluding tert-OH is 2. The maximum Gasteiger partial charge on any atom is 0.266 e. The van der Waals surface area contributed by atoms with E-state index in [1.165, 1.54) is 18.0 Å². The third kappa shape index (κ3) is 5.55. The first-order valence-corrected chi connectivity index (χ1v) is 11.9. The van der Waals surface area contributed by atoms with Gasteiger partial charge in [-0.25, -0.2) is 23.1 Å². The first kappa shape index (κ1) is 27.6. The van der Waals surface area contributed by atoms with E-state index in [2.05, 4.69) is 25.9 Å². The summed E-state index contributed by atoms with van der Waals surface area (Å²) in [4.78, 5) is 8.43. The van der Waals surface area contributed by atoms with Gasteiger partial charge >= 0.3 is 0 Å². The number of aryl methyl sites for hydroxylation is 1. The van der Waals surface area contributed by atoms with E-state index >= 15 is 0 Å². The van der Waals surface area contributed by atoms with Gasteiger partial charge in [0.25, 0.3) is 6.43 Å².